The summed E-state index contributed by atoms with van der Waals surface area (Å²) in [5.74, 6) is -1.07. The average molecular weight is 256 g/mol. The van der Waals surface area contributed by atoms with Crippen molar-refractivity contribution in [3.05, 3.63) is 0 Å². The zero-order valence-electron chi connectivity index (χ0n) is 11.3. The second kappa shape index (κ2) is 7.36. The van der Waals surface area contributed by atoms with Crippen LogP contribution in [0.3, 0.4) is 0 Å². The molecule has 1 fully saturated rings. The maximum atomic E-state index is 11.9. The minimum absolute atomic E-state index is 0.0894. The fraction of sp³-hybridized carbons (Fsp3) is 0.846. The second-order valence-electron chi connectivity index (χ2n) is 5.23. The molecule has 0 saturated carbocycles. The molecule has 1 heterocycles. The van der Waals surface area contributed by atoms with Crippen molar-refractivity contribution in [2.45, 2.75) is 45.6 Å². The van der Waals surface area contributed by atoms with Crippen molar-refractivity contribution in [2.24, 2.45) is 5.92 Å². The number of hydrogen-bond acceptors (Lipinski definition) is 3. The molecule has 1 atom stereocenters. The molecule has 0 aromatic heterocycles. The first-order valence-electron chi connectivity index (χ1n) is 6.74. The van der Waals surface area contributed by atoms with Gasteiger partial charge in [0, 0.05) is 25.6 Å². The number of carbonyl (C=O) groups is 2. The monoisotopic (exact) mass is 256 g/mol. The average Bonchev–Trinajstić information content (AvgIpc) is 2.34. The molecular formula is C13H24N2O3. The third kappa shape index (κ3) is 5.04. The largest absolute Gasteiger partial charge is 0.481 e. The van der Waals surface area contributed by atoms with E-state index in [0.717, 1.165) is 19.4 Å². The van der Waals surface area contributed by atoms with E-state index < -0.39 is 5.97 Å². The summed E-state index contributed by atoms with van der Waals surface area (Å²) >= 11 is 0. The maximum absolute atomic E-state index is 11.9. The summed E-state index contributed by atoms with van der Waals surface area (Å²) < 4.78 is 0. The minimum atomic E-state index is -0.783. The van der Waals surface area contributed by atoms with Gasteiger partial charge in [0.1, 0.15) is 0 Å². The van der Waals surface area contributed by atoms with Crippen molar-refractivity contribution >= 4 is 11.9 Å². The van der Waals surface area contributed by atoms with E-state index in [4.69, 9.17) is 5.11 Å². The number of carbonyl (C=O) groups excluding carboxylic acids is 1. The molecule has 1 rings (SSSR count). The fourth-order valence-corrected chi connectivity index (χ4v) is 2.19. The highest BCUT2D eigenvalue weighted by molar-refractivity contribution is 5.78. The molecule has 0 bridgehead atoms. The van der Waals surface area contributed by atoms with Gasteiger partial charge < -0.3 is 15.3 Å². The molecule has 104 valence electrons. The van der Waals surface area contributed by atoms with Gasteiger partial charge in [-0.15, -0.1) is 0 Å². The molecule has 18 heavy (non-hydrogen) atoms. The molecule has 0 radical (unpaired) electrons. The van der Waals surface area contributed by atoms with Crippen molar-refractivity contribution in [2.75, 3.05) is 19.6 Å². The molecule has 1 saturated heterocycles. The lowest BCUT2D eigenvalue weighted by Gasteiger charge is -2.30. The minimum Gasteiger partial charge on any atom is -0.481 e. The van der Waals surface area contributed by atoms with E-state index in [1.54, 1.807) is 4.90 Å². The number of carboxylic acid groups (broad SMARTS) is 1. The van der Waals surface area contributed by atoms with Crippen LogP contribution >= 0.6 is 0 Å². The molecule has 0 aromatic rings. The standard InChI is InChI=1S/C13H24N2O3/c1-10(2)14-7-3-6-12(16)15-8-4-5-11(9-15)13(17)18/h10-11,14H,3-9H2,1-2H3,(H,17,18)/t11-/m0/s1. The molecule has 0 unspecified atom stereocenters. The molecular weight excluding hydrogens is 232 g/mol. The summed E-state index contributed by atoms with van der Waals surface area (Å²) in [5, 5.41) is 12.2. The molecule has 5 heteroatoms. The van der Waals surface area contributed by atoms with Gasteiger partial charge in [0.05, 0.1) is 5.92 Å². The van der Waals surface area contributed by atoms with Crippen LogP contribution in [0.1, 0.15) is 39.5 Å². The molecule has 5 nitrogen and oxygen atoms in total. The Labute approximate surface area is 109 Å². The van der Waals surface area contributed by atoms with Gasteiger partial charge in [-0.25, -0.2) is 0 Å². The van der Waals surface area contributed by atoms with Crippen molar-refractivity contribution < 1.29 is 14.7 Å². The molecule has 1 amide bonds. The van der Waals surface area contributed by atoms with Gasteiger partial charge in [-0.1, -0.05) is 13.8 Å². The normalized spacial score (nSPS) is 20.2. The van der Waals surface area contributed by atoms with Crippen LogP contribution in [-0.2, 0) is 9.59 Å². The SMILES string of the molecule is CC(C)NCCCC(=O)N1CCC[C@H](C(=O)O)C1. The highest BCUT2D eigenvalue weighted by Gasteiger charge is 2.27. The number of amides is 1. The Kier molecular flexibility index (Phi) is 6.12. The number of likely N-dealkylation sites (tertiary alicyclic amines) is 1. The fourth-order valence-electron chi connectivity index (χ4n) is 2.19. The van der Waals surface area contributed by atoms with E-state index in [1.165, 1.54) is 0 Å². The quantitative estimate of drug-likeness (QED) is 0.698. The van der Waals surface area contributed by atoms with Gasteiger partial charge >= 0.3 is 5.97 Å². The number of aliphatic carboxylic acids is 1. The lowest BCUT2D eigenvalue weighted by Crippen LogP contribution is -2.42. The Hall–Kier alpha value is -1.10. The predicted octanol–water partition coefficient (Wildman–Crippen LogP) is 1.09. The molecule has 2 N–H and O–H groups in total. The second-order valence-corrected chi connectivity index (χ2v) is 5.23. The van der Waals surface area contributed by atoms with Crippen molar-refractivity contribution in [3.8, 4) is 0 Å². The Morgan fingerprint density at radius 1 is 1.44 bits per heavy atom. The first kappa shape index (κ1) is 15.0. The van der Waals surface area contributed by atoms with Crippen molar-refractivity contribution in [3.63, 3.8) is 0 Å². The third-order valence-corrected chi connectivity index (χ3v) is 3.24. The maximum Gasteiger partial charge on any atom is 0.308 e. The smallest absolute Gasteiger partial charge is 0.308 e. The van der Waals surface area contributed by atoms with Crippen LogP contribution in [0.25, 0.3) is 0 Å². The summed E-state index contributed by atoms with van der Waals surface area (Å²) in [5.41, 5.74) is 0. The summed E-state index contributed by atoms with van der Waals surface area (Å²) in [6.45, 7) is 6.07. The molecule has 1 aliphatic rings. The Bertz CT molecular complexity index is 292. The number of nitrogens with one attached hydrogen (secondary N) is 1. The Balaban J connectivity index is 2.26. The van der Waals surface area contributed by atoms with E-state index in [2.05, 4.69) is 19.2 Å². The highest BCUT2D eigenvalue weighted by atomic mass is 16.4. The Morgan fingerprint density at radius 3 is 2.78 bits per heavy atom. The van der Waals surface area contributed by atoms with Crippen LogP contribution < -0.4 is 5.32 Å². The summed E-state index contributed by atoms with van der Waals surface area (Å²) in [6.07, 6.45) is 2.80. The van der Waals surface area contributed by atoms with Crippen LogP contribution in [0.5, 0.6) is 0 Å². The topological polar surface area (TPSA) is 69.6 Å². The molecule has 1 aliphatic heterocycles. The van der Waals surface area contributed by atoms with Gasteiger partial charge in [0.25, 0.3) is 0 Å². The lowest BCUT2D eigenvalue weighted by atomic mass is 9.98. The summed E-state index contributed by atoms with van der Waals surface area (Å²) in [6, 6.07) is 0.437. The Morgan fingerprint density at radius 2 is 2.17 bits per heavy atom. The molecule has 0 aromatic carbocycles. The van der Waals surface area contributed by atoms with Crippen molar-refractivity contribution in [1.82, 2.24) is 10.2 Å². The van der Waals surface area contributed by atoms with Crippen LogP contribution in [0.4, 0.5) is 0 Å². The van der Waals surface area contributed by atoms with E-state index in [1.807, 2.05) is 0 Å². The van der Waals surface area contributed by atoms with E-state index in [-0.39, 0.29) is 11.8 Å². The van der Waals surface area contributed by atoms with Crippen LogP contribution in [-0.4, -0.2) is 47.6 Å². The van der Waals surface area contributed by atoms with Crippen LogP contribution in [0, 0.1) is 5.92 Å². The number of piperidine rings is 1. The first-order valence-corrected chi connectivity index (χ1v) is 6.74. The van der Waals surface area contributed by atoms with E-state index >= 15 is 0 Å². The van der Waals surface area contributed by atoms with Gasteiger partial charge in [0.2, 0.25) is 5.91 Å². The van der Waals surface area contributed by atoms with Gasteiger partial charge in [-0.3, -0.25) is 9.59 Å². The van der Waals surface area contributed by atoms with Gasteiger partial charge in [-0.05, 0) is 25.8 Å². The first-order chi connectivity index (χ1) is 8.50. The third-order valence-electron chi connectivity index (χ3n) is 3.24. The van der Waals surface area contributed by atoms with Gasteiger partial charge in [0.15, 0.2) is 0 Å². The predicted molar refractivity (Wildman–Crippen MR) is 69.3 cm³/mol. The van der Waals surface area contributed by atoms with Crippen LogP contribution in [0.2, 0.25) is 0 Å². The lowest BCUT2D eigenvalue weighted by molar-refractivity contribution is -0.145. The molecule has 0 spiro atoms. The number of nitrogens with zero attached hydrogens (tertiary/aromatic N) is 1. The summed E-state index contributed by atoms with van der Waals surface area (Å²) in [7, 11) is 0. The van der Waals surface area contributed by atoms with Gasteiger partial charge in [-0.2, -0.15) is 0 Å². The number of hydrogen-bond donors (Lipinski definition) is 2. The highest BCUT2D eigenvalue weighted by Crippen LogP contribution is 2.17. The van der Waals surface area contributed by atoms with Crippen molar-refractivity contribution in [1.29, 1.82) is 0 Å². The zero-order valence-corrected chi connectivity index (χ0v) is 11.3. The molecule has 0 aliphatic carbocycles. The zero-order chi connectivity index (χ0) is 13.5. The number of carboxylic acids is 1. The van der Waals surface area contributed by atoms with Crippen LogP contribution in [0.15, 0.2) is 0 Å². The van der Waals surface area contributed by atoms with E-state index in [0.29, 0.717) is 32.0 Å². The van der Waals surface area contributed by atoms with E-state index in [9.17, 15) is 9.59 Å². The summed E-state index contributed by atoms with van der Waals surface area (Å²) in [4.78, 5) is 24.5. The number of rotatable bonds is 6.